The van der Waals surface area contributed by atoms with E-state index in [0.717, 1.165) is 38.5 Å². The van der Waals surface area contributed by atoms with Crippen LogP contribution in [-0.4, -0.2) is 57.5 Å². The number of carboxylic acid groups (broad SMARTS) is 2. The molecule has 27 heavy (non-hydrogen) atoms. The van der Waals surface area contributed by atoms with E-state index in [1.807, 2.05) is 6.92 Å². The van der Waals surface area contributed by atoms with Crippen LogP contribution in [-0.2, 0) is 19.2 Å². The lowest BCUT2D eigenvalue weighted by Crippen LogP contribution is -2.45. The summed E-state index contributed by atoms with van der Waals surface area (Å²) in [5, 5.41) is 19.6. The van der Waals surface area contributed by atoms with Gasteiger partial charge in [0.2, 0.25) is 11.8 Å². The molecule has 1 saturated carbocycles. The van der Waals surface area contributed by atoms with Crippen molar-refractivity contribution in [2.75, 3.05) is 0 Å². The number of carbonyl (C=O) groups excluding carboxylic acids is 2. The molecule has 0 aromatic carbocycles. The summed E-state index contributed by atoms with van der Waals surface area (Å²) in [5.41, 5.74) is -0.787. The molecule has 3 N–H and O–H groups in total. The van der Waals surface area contributed by atoms with Crippen LogP contribution in [0.4, 0.5) is 0 Å². The Morgan fingerprint density at radius 2 is 1.78 bits per heavy atom. The second-order valence-electron chi connectivity index (χ2n) is 7.72. The molecule has 8 heteroatoms. The molecule has 2 aliphatic heterocycles. The van der Waals surface area contributed by atoms with Crippen molar-refractivity contribution < 1.29 is 29.4 Å². The quantitative estimate of drug-likeness (QED) is 0.602. The van der Waals surface area contributed by atoms with Gasteiger partial charge in [0.15, 0.2) is 0 Å². The van der Waals surface area contributed by atoms with Crippen molar-refractivity contribution in [1.82, 2.24) is 10.2 Å². The SMILES string of the molecule is CC[C@@]1(C(=O)O)C[C@@H]2CC[C@H]1N2C(=O)CCC(=O)NC1CCCC1.O=CO. The van der Waals surface area contributed by atoms with E-state index in [2.05, 4.69) is 5.32 Å². The highest BCUT2D eigenvalue weighted by Gasteiger charge is 2.60. The van der Waals surface area contributed by atoms with Crippen molar-refractivity contribution in [3.8, 4) is 0 Å². The number of carbonyl (C=O) groups is 4. The first-order valence-electron chi connectivity index (χ1n) is 9.81. The van der Waals surface area contributed by atoms with Gasteiger partial charge in [0.25, 0.3) is 6.47 Å². The first kappa shape index (κ1) is 21.2. The molecule has 152 valence electrons. The van der Waals surface area contributed by atoms with Crippen LogP contribution in [0.5, 0.6) is 0 Å². The Kier molecular flexibility index (Phi) is 7.21. The van der Waals surface area contributed by atoms with Gasteiger partial charge in [-0.1, -0.05) is 19.8 Å². The second kappa shape index (κ2) is 9.19. The van der Waals surface area contributed by atoms with Crippen LogP contribution in [0.3, 0.4) is 0 Å². The zero-order valence-electron chi connectivity index (χ0n) is 15.9. The Balaban J connectivity index is 0.000000817. The summed E-state index contributed by atoms with van der Waals surface area (Å²) in [6, 6.07) is 0.113. The van der Waals surface area contributed by atoms with E-state index in [1.54, 1.807) is 4.90 Å². The highest BCUT2D eigenvalue weighted by atomic mass is 16.4. The maximum absolute atomic E-state index is 12.6. The lowest BCUT2D eigenvalue weighted by molar-refractivity contribution is -0.152. The number of nitrogens with one attached hydrogen (secondary N) is 1. The third-order valence-corrected chi connectivity index (χ3v) is 6.37. The summed E-state index contributed by atoms with van der Waals surface area (Å²) in [6.45, 7) is 1.65. The third-order valence-electron chi connectivity index (χ3n) is 6.37. The van der Waals surface area contributed by atoms with Crippen LogP contribution in [0.15, 0.2) is 0 Å². The minimum atomic E-state index is -0.787. The lowest BCUT2D eigenvalue weighted by atomic mass is 9.72. The van der Waals surface area contributed by atoms with E-state index < -0.39 is 11.4 Å². The summed E-state index contributed by atoms with van der Waals surface area (Å²) >= 11 is 0. The summed E-state index contributed by atoms with van der Waals surface area (Å²) < 4.78 is 0. The second-order valence-corrected chi connectivity index (χ2v) is 7.72. The Bertz CT molecular complexity index is 575. The molecule has 1 aliphatic carbocycles. The normalized spacial score (nSPS) is 29.1. The Morgan fingerprint density at radius 3 is 2.30 bits per heavy atom. The first-order valence-corrected chi connectivity index (χ1v) is 9.81. The van der Waals surface area contributed by atoms with Crippen LogP contribution in [0, 0.1) is 5.41 Å². The molecule has 0 spiro atoms. The van der Waals surface area contributed by atoms with Crippen molar-refractivity contribution in [3.63, 3.8) is 0 Å². The van der Waals surface area contributed by atoms with Gasteiger partial charge in [0, 0.05) is 31.0 Å². The zero-order chi connectivity index (χ0) is 20.0. The maximum Gasteiger partial charge on any atom is 0.311 e. The van der Waals surface area contributed by atoms with Gasteiger partial charge in [-0.25, -0.2) is 0 Å². The van der Waals surface area contributed by atoms with Crippen molar-refractivity contribution in [2.24, 2.45) is 5.41 Å². The summed E-state index contributed by atoms with van der Waals surface area (Å²) in [4.78, 5) is 46.6. The van der Waals surface area contributed by atoms with Crippen LogP contribution >= 0.6 is 0 Å². The molecule has 0 radical (unpaired) electrons. The standard InChI is InChI=1S/C18H28N2O4.CH2O2/c1-2-18(17(23)24)11-13-7-8-14(18)20(13)16(22)10-9-15(21)19-12-5-3-4-6-12;2-1-3/h12-14H,2-11H2,1H3,(H,19,21)(H,23,24);1H,(H,2,3)/t13-,14+,18+;/m0./s1. The number of amides is 2. The molecule has 0 aromatic rings. The van der Waals surface area contributed by atoms with Gasteiger partial charge in [0.05, 0.1) is 5.41 Å². The van der Waals surface area contributed by atoms with Gasteiger partial charge in [-0.05, 0) is 38.5 Å². The number of carboxylic acids is 1. The molecule has 0 aromatic heterocycles. The zero-order valence-corrected chi connectivity index (χ0v) is 15.9. The Hall–Kier alpha value is -2.12. The largest absolute Gasteiger partial charge is 0.483 e. The molecule has 3 fully saturated rings. The van der Waals surface area contributed by atoms with Gasteiger partial charge in [-0.3, -0.25) is 19.2 Å². The average molecular weight is 382 g/mol. The Morgan fingerprint density at radius 1 is 1.15 bits per heavy atom. The van der Waals surface area contributed by atoms with Crippen molar-refractivity contribution in [3.05, 3.63) is 0 Å². The van der Waals surface area contributed by atoms with Gasteiger partial charge in [-0.2, -0.15) is 0 Å². The minimum absolute atomic E-state index is 0.0384. The molecule has 2 saturated heterocycles. The predicted octanol–water partition coefficient (Wildman–Crippen LogP) is 1.77. The van der Waals surface area contributed by atoms with Crippen molar-refractivity contribution in [1.29, 1.82) is 0 Å². The number of fused-ring (bicyclic) bond motifs is 2. The van der Waals surface area contributed by atoms with Crippen LogP contribution in [0.2, 0.25) is 0 Å². The van der Waals surface area contributed by atoms with E-state index >= 15 is 0 Å². The molecule has 2 bridgehead atoms. The third kappa shape index (κ3) is 4.42. The molecule has 2 amide bonds. The molecule has 0 unspecified atom stereocenters. The molecule has 2 heterocycles. The fourth-order valence-electron chi connectivity index (χ4n) is 5.04. The maximum atomic E-state index is 12.6. The number of nitrogens with zero attached hydrogens (tertiary/aromatic N) is 1. The first-order chi connectivity index (χ1) is 12.9. The fraction of sp³-hybridized carbons (Fsp3) is 0.789. The van der Waals surface area contributed by atoms with Crippen LogP contribution in [0.1, 0.15) is 71.1 Å². The van der Waals surface area contributed by atoms with Crippen molar-refractivity contribution in [2.45, 2.75) is 89.3 Å². The number of aliphatic carboxylic acids is 1. The highest BCUT2D eigenvalue weighted by Crippen LogP contribution is 2.52. The molecular weight excluding hydrogens is 352 g/mol. The van der Waals surface area contributed by atoms with Gasteiger partial charge in [0.1, 0.15) is 0 Å². The topological polar surface area (TPSA) is 124 Å². The van der Waals surface area contributed by atoms with E-state index in [9.17, 15) is 19.5 Å². The monoisotopic (exact) mass is 382 g/mol. The smallest absolute Gasteiger partial charge is 0.311 e. The van der Waals surface area contributed by atoms with E-state index in [1.165, 1.54) is 0 Å². The van der Waals surface area contributed by atoms with Gasteiger partial charge >= 0.3 is 5.97 Å². The van der Waals surface area contributed by atoms with Crippen molar-refractivity contribution >= 4 is 24.3 Å². The summed E-state index contributed by atoms with van der Waals surface area (Å²) in [5.74, 6) is -0.892. The molecule has 3 aliphatic rings. The average Bonchev–Trinajstić information content (AvgIpc) is 3.35. The minimum Gasteiger partial charge on any atom is -0.483 e. The van der Waals surface area contributed by atoms with Gasteiger partial charge < -0.3 is 20.4 Å². The highest BCUT2D eigenvalue weighted by molar-refractivity contribution is 5.86. The summed E-state index contributed by atoms with van der Waals surface area (Å²) in [7, 11) is 0. The van der Waals surface area contributed by atoms with Crippen LogP contribution < -0.4 is 5.32 Å². The van der Waals surface area contributed by atoms with Crippen LogP contribution in [0.25, 0.3) is 0 Å². The Labute approximate surface area is 159 Å². The number of rotatable bonds is 6. The number of hydrogen-bond donors (Lipinski definition) is 3. The van der Waals surface area contributed by atoms with E-state index in [-0.39, 0.29) is 49.3 Å². The van der Waals surface area contributed by atoms with Gasteiger partial charge in [-0.15, -0.1) is 0 Å². The van der Waals surface area contributed by atoms with E-state index in [4.69, 9.17) is 9.90 Å². The number of hydrogen-bond acceptors (Lipinski definition) is 4. The lowest BCUT2D eigenvalue weighted by Gasteiger charge is -2.32. The summed E-state index contributed by atoms with van der Waals surface area (Å²) in [6.07, 6.45) is 7.55. The molecule has 3 rings (SSSR count). The molecule has 3 atom stereocenters. The predicted molar refractivity (Wildman–Crippen MR) is 97.0 cm³/mol. The molecular formula is C19H30N2O6. The molecule has 8 nitrogen and oxygen atoms in total. The van der Waals surface area contributed by atoms with E-state index in [0.29, 0.717) is 12.8 Å². The fourth-order valence-corrected chi connectivity index (χ4v) is 5.04.